The molecule has 0 saturated heterocycles. The zero-order valence-electron chi connectivity index (χ0n) is 12.2. The third-order valence-corrected chi connectivity index (χ3v) is 5.42. The van der Waals surface area contributed by atoms with E-state index in [1.165, 1.54) is 12.1 Å². The molecule has 1 aliphatic carbocycles. The maximum atomic E-state index is 12.5. The van der Waals surface area contributed by atoms with E-state index in [9.17, 15) is 8.42 Å². The number of nitriles is 1. The molecule has 1 heterocycles. The van der Waals surface area contributed by atoms with E-state index in [1.807, 2.05) is 13.1 Å². The molecule has 6 nitrogen and oxygen atoms in total. The van der Waals surface area contributed by atoms with Crippen LogP contribution in [-0.4, -0.2) is 18.2 Å². The van der Waals surface area contributed by atoms with E-state index < -0.39 is 10.0 Å². The zero-order chi connectivity index (χ0) is 15.7. The second kappa shape index (κ2) is 5.55. The number of hydrogen-bond acceptors (Lipinski definition) is 4. The first-order chi connectivity index (χ1) is 10.5. The normalized spacial score (nSPS) is 17.7. The fourth-order valence-corrected chi connectivity index (χ4v) is 4.11. The van der Waals surface area contributed by atoms with Crippen LogP contribution < -0.4 is 4.72 Å². The van der Waals surface area contributed by atoms with Gasteiger partial charge >= 0.3 is 0 Å². The van der Waals surface area contributed by atoms with Crippen LogP contribution in [0.1, 0.15) is 35.7 Å². The second-order valence-electron chi connectivity index (χ2n) is 5.38. The Morgan fingerprint density at radius 3 is 3.05 bits per heavy atom. The molecule has 1 atom stereocenters. The molecule has 0 radical (unpaired) electrons. The smallest absolute Gasteiger partial charge is 0.241 e. The number of sulfonamides is 1. The van der Waals surface area contributed by atoms with Crippen LogP contribution in [0.3, 0.4) is 0 Å². The molecule has 1 aliphatic rings. The largest absolute Gasteiger partial charge is 0.272 e. The van der Waals surface area contributed by atoms with Crippen LogP contribution in [-0.2, 0) is 23.5 Å². The number of aromatic nitrogens is 2. The second-order valence-corrected chi connectivity index (χ2v) is 7.09. The summed E-state index contributed by atoms with van der Waals surface area (Å²) in [5.41, 5.74) is 2.34. The van der Waals surface area contributed by atoms with Crippen molar-refractivity contribution in [2.75, 3.05) is 0 Å². The Morgan fingerprint density at radius 2 is 2.27 bits per heavy atom. The van der Waals surface area contributed by atoms with Crippen LogP contribution in [0.15, 0.2) is 35.4 Å². The third-order valence-electron chi connectivity index (χ3n) is 3.95. The maximum Gasteiger partial charge on any atom is 0.241 e. The van der Waals surface area contributed by atoms with E-state index in [0.717, 1.165) is 30.5 Å². The highest BCUT2D eigenvalue weighted by atomic mass is 32.2. The number of aryl methyl sites for hydroxylation is 1. The van der Waals surface area contributed by atoms with E-state index >= 15 is 0 Å². The predicted octanol–water partition coefficient (Wildman–Crippen LogP) is 1.65. The minimum absolute atomic E-state index is 0.113. The Balaban J connectivity index is 1.91. The van der Waals surface area contributed by atoms with Gasteiger partial charge in [-0.1, -0.05) is 6.07 Å². The first-order valence-electron chi connectivity index (χ1n) is 7.04. The molecule has 1 aromatic carbocycles. The lowest BCUT2D eigenvalue weighted by atomic mass is 9.94. The molecule has 1 aromatic heterocycles. The molecular weight excluding hydrogens is 300 g/mol. The van der Waals surface area contributed by atoms with Crippen molar-refractivity contribution < 1.29 is 8.42 Å². The van der Waals surface area contributed by atoms with Crippen LogP contribution >= 0.6 is 0 Å². The molecule has 0 bridgehead atoms. The standard InChI is InChI=1S/C15H16N4O2S/c1-19-15-7-3-6-14(13(15)10-17-19)18-22(20,21)12-5-2-4-11(8-12)9-16/h2,4-5,8,10,14,18H,3,6-7H2,1H3/t14-/m0/s1. The van der Waals surface area contributed by atoms with Gasteiger partial charge in [0.15, 0.2) is 0 Å². The Labute approximate surface area is 129 Å². The zero-order valence-corrected chi connectivity index (χ0v) is 13.0. The van der Waals surface area contributed by atoms with Crippen molar-refractivity contribution in [3.63, 3.8) is 0 Å². The van der Waals surface area contributed by atoms with Gasteiger partial charge in [0.1, 0.15) is 0 Å². The molecule has 2 aromatic rings. The minimum atomic E-state index is -3.66. The van der Waals surface area contributed by atoms with E-state index in [2.05, 4.69) is 9.82 Å². The highest BCUT2D eigenvalue weighted by Gasteiger charge is 2.28. The fraction of sp³-hybridized carbons (Fsp3) is 0.333. The van der Waals surface area contributed by atoms with Gasteiger partial charge in [0, 0.05) is 18.3 Å². The van der Waals surface area contributed by atoms with Crippen molar-refractivity contribution >= 4 is 10.0 Å². The van der Waals surface area contributed by atoms with E-state index in [1.54, 1.807) is 23.0 Å². The minimum Gasteiger partial charge on any atom is -0.272 e. The number of rotatable bonds is 3. The monoisotopic (exact) mass is 316 g/mol. The summed E-state index contributed by atoms with van der Waals surface area (Å²) < 4.78 is 29.6. The van der Waals surface area contributed by atoms with Gasteiger partial charge in [-0.15, -0.1) is 0 Å². The highest BCUT2D eigenvalue weighted by Crippen LogP contribution is 2.30. The highest BCUT2D eigenvalue weighted by molar-refractivity contribution is 7.89. The van der Waals surface area contributed by atoms with Gasteiger partial charge in [0.25, 0.3) is 0 Å². The van der Waals surface area contributed by atoms with E-state index in [0.29, 0.717) is 5.56 Å². The van der Waals surface area contributed by atoms with Crippen molar-refractivity contribution in [3.05, 3.63) is 47.3 Å². The molecule has 22 heavy (non-hydrogen) atoms. The lowest BCUT2D eigenvalue weighted by Crippen LogP contribution is -2.31. The van der Waals surface area contributed by atoms with Gasteiger partial charge in [-0.25, -0.2) is 13.1 Å². The number of benzene rings is 1. The van der Waals surface area contributed by atoms with Gasteiger partial charge in [-0.2, -0.15) is 10.4 Å². The van der Waals surface area contributed by atoms with Crippen molar-refractivity contribution in [2.24, 2.45) is 7.05 Å². The summed E-state index contributed by atoms with van der Waals surface area (Å²) in [6.45, 7) is 0. The molecule has 114 valence electrons. The van der Waals surface area contributed by atoms with Crippen LogP contribution in [0.5, 0.6) is 0 Å². The SMILES string of the molecule is Cn1ncc2c1CCC[C@@H]2NS(=O)(=O)c1cccc(C#N)c1. The molecule has 0 saturated carbocycles. The summed E-state index contributed by atoms with van der Waals surface area (Å²) in [5, 5.41) is 13.1. The fourth-order valence-electron chi connectivity index (χ4n) is 2.82. The summed E-state index contributed by atoms with van der Waals surface area (Å²) in [6, 6.07) is 7.72. The summed E-state index contributed by atoms with van der Waals surface area (Å²) in [6.07, 6.45) is 4.30. The molecule has 0 amide bonds. The van der Waals surface area contributed by atoms with Crippen LogP contribution in [0.4, 0.5) is 0 Å². The average molecular weight is 316 g/mol. The van der Waals surface area contributed by atoms with E-state index in [4.69, 9.17) is 5.26 Å². The molecule has 1 N–H and O–H groups in total. The lowest BCUT2D eigenvalue weighted by Gasteiger charge is -2.23. The predicted molar refractivity (Wildman–Crippen MR) is 80.4 cm³/mol. The van der Waals surface area contributed by atoms with Crippen LogP contribution in [0, 0.1) is 11.3 Å². The van der Waals surface area contributed by atoms with Gasteiger partial charge in [0.2, 0.25) is 10.0 Å². The number of nitrogens with one attached hydrogen (secondary N) is 1. The van der Waals surface area contributed by atoms with Crippen LogP contribution in [0.2, 0.25) is 0 Å². The Morgan fingerprint density at radius 1 is 1.45 bits per heavy atom. The number of fused-ring (bicyclic) bond motifs is 1. The first-order valence-corrected chi connectivity index (χ1v) is 8.53. The van der Waals surface area contributed by atoms with Gasteiger partial charge in [-0.3, -0.25) is 4.68 Å². The lowest BCUT2D eigenvalue weighted by molar-refractivity contribution is 0.498. The van der Waals surface area contributed by atoms with Crippen molar-refractivity contribution in [2.45, 2.75) is 30.2 Å². The molecule has 0 fully saturated rings. The molecule has 3 rings (SSSR count). The molecule has 0 spiro atoms. The molecule has 0 unspecified atom stereocenters. The Hall–Kier alpha value is -2.17. The van der Waals surface area contributed by atoms with E-state index in [-0.39, 0.29) is 10.9 Å². The van der Waals surface area contributed by atoms with Crippen molar-refractivity contribution in [3.8, 4) is 6.07 Å². The maximum absolute atomic E-state index is 12.5. The van der Waals surface area contributed by atoms with Crippen molar-refractivity contribution in [1.29, 1.82) is 5.26 Å². The Bertz CT molecular complexity index is 849. The third kappa shape index (κ3) is 2.63. The number of hydrogen-bond donors (Lipinski definition) is 1. The van der Waals surface area contributed by atoms with Gasteiger partial charge in [-0.05, 0) is 37.5 Å². The van der Waals surface area contributed by atoms with Gasteiger partial charge < -0.3 is 0 Å². The topological polar surface area (TPSA) is 87.8 Å². The van der Waals surface area contributed by atoms with Crippen LogP contribution in [0.25, 0.3) is 0 Å². The van der Waals surface area contributed by atoms with Crippen molar-refractivity contribution in [1.82, 2.24) is 14.5 Å². The summed E-state index contributed by atoms with van der Waals surface area (Å²) in [4.78, 5) is 0.113. The summed E-state index contributed by atoms with van der Waals surface area (Å²) >= 11 is 0. The summed E-state index contributed by atoms with van der Waals surface area (Å²) in [7, 11) is -1.80. The molecule has 0 aliphatic heterocycles. The first kappa shape index (κ1) is 14.8. The molecular formula is C15H16N4O2S. The molecule has 7 heteroatoms. The quantitative estimate of drug-likeness (QED) is 0.932. The Kier molecular flexibility index (Phi) is 3.72. The summed E-state index contributed by atoms with van der Waals surface area (Å²) in [5.74, 6) is 0. The average Bonchev–Trinajstić information content (AvgIpc) is 2.90. The number of nitrogens with zero attached hydrogens (tertiary/aromatic N) is 3. The van der Waals surface area contributed by atoms with Gasteiger partial charge in [0.05, 0.1) is 28.8 Å².